The van der Waals surface area contributed by atoms with Crippen molar-refractivity contribution < 1.29 is 13.9 Å². The van der Waals surface area contributed by atoms with Gasteiger partial charge >= 0.3 is 0 Å². The molecule has 0 radical (unpaired) electrons. The Bertz CT molecular complexity index is 1090. The van der Waals surface area contributed by atoms with Crippen LogP contribution >= 0.6 is 0 Å². The summed E-state index contributed by atoms with van der Waals surface area (Å²) in [5, 5.41) is 1.12. The Morgan fingerprint density at radius 1 is 1.16 bits per heavy atom. The zero-order valence-electron chi connectivity index (χ0n) is 19.0. The molecule has 1 aromatic heterocycles. The highest BCUT2D eigenvalue weighted by molar-refractivity contribution is 5.97. The number of likely N-dealkylation sites (N-methyl/N-ethyl adjacent to an activating group) is 1. The molecule has 0 saturated heterocycles. The highest BCUT2D eigenvalue weighted by atomic mass is 16.5. The molecule has 31 heavy (non-hydrogen) atoms. The van der Waals surface area contributed by atoms with Crippen molar-refractivity contribution in [1.29, 1.82) is 0 Å². The summed E-state index contributed by atoms with van der Waals surface area (Å²) in [6.07, 6.45) is 4.70. The van der Waals surface area contributed by atoms with E-state index in [-0.39, 0.29) is 5.91 Å². The fourth-order valence-corrected chi connectivity index (χ4v) is 4.52. The van der Waals surface area contributed by atoms with Gasteiger partial charge in [0.15, 0.2) is 11.3 Å². The molecule has 2 aromatic carbocycles. The van der Waals surface area contributed by atoms with Gasteiger partial charge in [-0.2, -0.15) is 0 Å². The largest absolute Gasteiger partial charge is 0.493 e. The summed E-state index contributed by atoms with van der Waals surface area (Å²) in [6.45, 7) is 7.78. The van der Waals surface area contributed by atoms with Gasteiger partial charge in [-0.25, -0.2) is 0 Å². The molecule has 5 heteroatoms. The van der Waals surface area contributed by atoms with E-state index in [1.165, 1.54) is 22.3 Å². The molecular formula is C26H32N2O3. The second kappa shape index (κ2) is 9.15. The van der Waals surface area contributed by atoms with E-state index in [0.29, 0.717) is 0 Å². The quantitative estimate of drug-likeness (QED) is 0.533. The van der Waals surface area contributed by atoms with Crippen molar-refractivity contribution in [2.45, 2.75) is 33.1 Å². The third-order valence-corrected chi connectivity index (χ3v) is 6.61. The maximum atomic E-state index is 12.9. The van der Waals surface area contributed by atoms with Gasteiger partial charge in [-0.3, -0.25) is 4.79 Å². The Kier molecular flexibility index (Phi) is 6.33. The number of ether oxygens (including phenoxy) is 1. The number of nitrogens with zero attached hydrogens (tertiary/aromatic N) is 2. The Morgan fingerprint density at radius 2 is 2.00 bits per heavy atom. The number of furan rings is 1. The van der Waals surface area contributed by atoms with Gasteiger partial charge in [-0.1, -0.05) is 18.2 Å². The number of carbonyl (C=O) groups excluding carboxylic acids is 1. The fourth-order valence-electron chi connectivity index (χ4n) is 4.52. The second-order valence-corrected chi connectivity index (χ2v) is 8.58. The van der Waals surface area contributed by atoms with E-state index in [1.807, 2.05) is 29.4 Å². The van der Waals surface area contributed by atoms with Crippen LogP contribution in [0.15, 0.2) is 41.0 Å². The van der Waals surface area contributed by atoms with Crippen molar-refractivity contribution in [3.8, 4) is 5.75 Å². The van der Waals surface area contributed by atoms with Crippen molar-refractivity contribution in [3.63, 3.8) is 0 Å². The average molecular weight is 421 g/mol. The number of benzene rings is 2. The number of fused-ring (bicyclic) bond motifs is 2. The predicted molar refractivity (Wildman–Crippen MR) is 124 cm³/mol. The molecule has 1 aliphatic heterocycles. The van der Waals surface area contributed by atoms with Crippen LogP contribution in [-0.2, 0) is 12.8 Å². The highest BCUT2D eigenvalue weighted by Crippen LogP contribution is 2.30. The minimum atomic E-state index is 0.186. The van der Waals surface area contributed by atoms with E-state index in [1.54, 1.807) is 7.11 Å². The van der Waals surface area contributed by atoms with E-state index >= 15 is 0 Å². The summed E-state index contributed by atoms with van der Waals surface area (Å²) < 4.78 is 11.1. The third-order valence-electron chi connectivity index (χ3n) is 6.61. The maximum Gasteiger partial charge on any atom is 0.254 e. The molecule has 5 nitrogen and oxygen atoms in total. The molecule has 3 aromatic rings. The van der Waals surface area contributed by atoms with Crippen LogP contribution in [0.25, 0.3) is 11.0 Å². The molecule has 2 heterocycles. The number of carbonyl (C=O) groups is 1. The van der Waals surface area contributed by atoms with Crippen molar-refractivity contribution in [1.82, 2.24) is 9.80 Å². The van der Waals surface area contributed by atoms with Crippen LogP contribution in [0.4, 0.5) is 0 Å². The van der Waals surface area contributed by atoms with E-state index in [4.69, 9.17) is 9.15 Å². The molecule has 0 spiro atoms. The highest BCUT2D eigenvalue weighted by Gasteiger charge is 2.25. The van der Waals surface area contributed by atoms with Gasteiger partial charge in [0.1, 0.15) is 0 Å². The van der Waals surface area contributed by atoms with Crippen molar-refractivity contribution >= 4 is 16.9 Å². The molecule has 0 saturated carbocycles. The second-order valence-electron chi connectivity index (χ2n) is 8.58. The Labute approximate surface area is 184 Å². The third kappa shape index (κ3) is 4.33. The van der Waals surface area contributed by atoms with E-state index in [0.717, 1.165) is 67.7 Å². The van der Waals surface area contributed by atoms with Crippen LogP contribution in [0.2, 0.25) is 0 Å². The Morgan fingerprint density at radius 3 is 2.81 bits per heavy atom. The molecule has 4 rings (SSSR count). The smallest absolute Gasteiger partial charge is 0.254 e. The van der Waals surface area contributed by atoms with Crippen LogP contribution in [-0.4, -0.2) is 56.0 Å². The zero-order chi connectivity index (χ0) is 22.0. The first-order valence-corrected chi connectivity index (χ1v) is 11.1. The Hall–Kier alpha value is -2.79. The first kappa shape index (κ1) is 21.4. The molecule has 164 valence electrons. The number of para-hydroxylation sites is 1. The van der Waals surface area contributed by atoms with Gasteiger partial charge in [0, 0.05) is 30.6 Å². The van der Waals surface area contributed by atoms with Gasteiger partial charge in [0.2, 0.25) is 0 Å². The summed E-state index contributed by atoms with van der Waals surface area (Å²) in [6, 6.07) is 10.1. The lowest BCUT2D eigenvalue weighted by Crippen LogP contribution is -2.39. The maximum absolute atomic E-state index is 12.9. The number of rotatable bonds is 8. The summed E-state index contributed by atoms with van der Waals surface area (Å²) in [4.78, 5) is 17.2. The van der Waals surface area contributed by atoms with Gasteiger partial charge in [0.05, 0.1) is 13.4 Å². The van der Waals surface area contributed by atoms with Crippen LogP contribution in [0.3, 0.4) is 0 Å². The topological polar surface area (TPSA) is 45.9 Å². The number of amides is 1. The molecule has 0 bridgehead atoms. The van der Waals surface area contributed by atoms with E-state index in [9.17, 15) is 4.79 Å². The molecule has 0 fully saturated rings. The van der Waals surface area contributed by atoms with Crippen molar-refractivity contribution in [3.05, 3.63) is 64.4 Å². The normalized spacial score (nSPS) is 13.8. The summed E-state index contributed by atoms with van der Waals surface area (Å²) in [5.74, 6) is 0.959. The first-order chi connectivity index (χ1) is 15.0. The lowest BCUT2D eigenvalue weighted by molar-refractivity contribution is 0.0733. The minimum Gasteiger partial charge on any atom is -0.493 e. The SMILES string of the molecule is COc1cccc2c(CCN(C)CCCN3CCc4c(ccc(C)c4C)C3=O)coc12. The first-order valence-electron chi connectivity index (χ1n) is 11.1. The van der Waals surface area contributed by atoms with Gasteiger partial charge < -0.3 is 19.0 Å². The van der Waals surface area contributed by atoms with Crippen LogP contribution < -0.4 is 4.74 Å². The molecule has 0 unspecified atom stereocenters. The van der Waals surface area contributed by atoms with E-state index < -0.39 is 0 Å². The molecule has 1 aliphatic rings. The van der Waals surface area contributed by atoms with Crippen LogP contribution in [0.1, 0.15) is 39.0 Å². The van der Waals surface area contributed by atoms with Gasteiger partial charge in [0.25, 0.3) is 5.91 Å². The monoisotopic (exact) mass is 420 g/mol. The Balaban J connectivity index is 1.28. The molecule has 0 N–H and O–H groups in total. The lowest BCUT2D eigenvalue weighted by atomic mass is 9.91. The van der Waals surface area contributed by atoms with Crippen molar-refractivity contribution in [2.24, 2.45) is 0 Å². The van der Waals surface area contributed by atoms with Crippen molar-refractivity contribution in [2.75, 3.05) is 40.3 Å². The minimum absolute atomic E-state index is 0.186. The summed E-state index contributed by atoms with van der Waals surface area (Å²) in [5.41, 5.74) is 6.69. The van der Waals surface area contributed by atoms with E-state index in [2.05, 4.69) is 37.9 Å². The zero-order valence-corrected chi connectivity index (χ0v) is 19.0. The van der Waals surface area contributed by atoms with Crippen LogP contribution in [0.5, 0.6) is 5.75 Å². The molecule has 0 aliphatic carbocycles. The average Bonchev–Trinajstić information content (AvgIpc) is 3.19. The predicted octanol–water partition coefficient (Wildman–Crippen LogP) is 4.62. The number of hydrogen-bond acceptors (Lipinski definition) is 4. The molecular weight excluding hydrogens is 388 g/mol. The van der Waals surface area contributed by atoms with Crippen LogP contribution in [0, 0.1) is 13.8 Å². The van der Waals surface area contributed by atoms with Gasteiger partial charge in [-0.15, -0.1) is 0 Å². The fraction of sp³-hybridized carbons (Fsp3) is 0.423. The van der Waals surface area contributed by atoms with Gasteiger partial charge in [-0.05, 0) is 81.1 Å². The number of aryl methyl sites for hydroxylation is 1. The lowest BCUT2D eigenvalue weighted by Gasteiger charge is -2.30. The molecule has 0 atom stereocenters. The molecule has 1 amide bonds. The standard InChI is InChI=1S/C26H32N2O3/c1-18-9-10-23-21(19(18)2)12-16-28(26(23)29)14-6-13-27(3)15-11-20-17-31-25-22(20)7-5-8-24(25)30-4/h5,7-10,17H,6,11-16H2,1-4H3. The summed E-state index contributed by atoms with van der Waals surface area (Å²) in [7, 11) is 3.81. The number of methoxy groups -OCH3 is 1. The summed E-state index contributed by atoms with van der Waals surface area (Å²) >= 11 is 0. The number of hydrogen-bond donors (Lipinski definition) is 0.